The third-order valence-electron chi connectivity index (χ3n) is 4.30. The highest BCUT2D eigenvalue weighted by molar-refractivity contribution is 6.30. The maximum atomic E-state index is 6.16. The topological polar surface area (TPSA) is 50.1 Å². The van der Waals surface area contributed by atoms with E-state index in [1.54, 1.807) is 0 Å². The normalized spacial score (nSPS) is 12.0. The molecule has 2 aromatic carbocycles. The van der Waals surface area contributed by atoms with Gasteiger partial charge in [-0.3, -0.25) is 0 Å². The van der Waals surface area contributed by atoms with Crippen LogP contribution in [-0.2, 0) is 6.42 Å². The molecule has 0 aliphatic heterocycles. The van der Waals surface area contributed by atoms with Crippen molar-refractivity contribution in [1.82, 2.24) is 0 Å². The number of hydrogen-bond acceptors (Lipinski definition) is 3. The van der Waals surface area contributed by atoms with Crippen molar-refractivity contribution in [3.8, 4) is 0 Å². The Hall–Kier alpha value is -1.87. The molecule has 4 heteroatoms. The third-order valence-corrected chi connectivity index (χ3v) is 4.54. The van der Waals surface area contributed by atoms with Gasteiger partial charge in [-0.1, -0.05) is 31.5 Å². The summed E-state index contributed by atoms with van der Waals surface area (Å²) in [5, 5.41) is 7.32. The molecule has 0 spiro atoms. The standard InChI is InChI=1S/C19H26ClN3/c1-4-13(2)17-11-15(20)6-5-14(17)9-10-23-19-8-7-16(22-3)12-18(19)21/h5-8,11-13,22-23H,4,9-10,21H2,1-3H3. The average Bonchev–Trinajstić information content (AvgIpc) is 2.56. The molecule has 0 fully saturated rings. The van der Waals surface area contributed by atoms with E-state index in [-0.39, 0.29) is 0 Å². The second kappa shape index (κ2) is 8.11. The van der Waals surface area contributed by atoms with E-state index < -0.39 is 0 Å². The van der Waals surface area contributed by atoms with Crippen LogP contribution in [0.4, 0.5) is 17.1 Å². The largest absolute Gasteiger partial charge is 0.397 e. The second-order valence-corrected chi connectivity index (χ2v) is 6.32. The van der Waals surface area contributed by atoms with Crippen LogP contribution in [-0.4, -0.2) is 13.6 Å². The lowest BCUT2D eigenvalue weighted by atomic mass is 9.92. The summed E-state index contributed by atoms with van der Waals surface area (Å²) in [5.41, 5.74) is 11.5. The zero-order chi connectivity index (χ0) is 16.8. The fourth-order valence-corrected chi connectivity index (χ4v) is 2.86. The van der Waals surface area contributed by atoms with Gasteiger partial charge in [0.05, 0.1) is 11.4 Å². The van der Waals surface area contributed by atoms with Gasteiger partial charge in [-0.15, -0.1) is 0 Å². The maximum absolute atomic E-state index is 6.16. The Morgan fingerprint density at radius 3 is 2.61 bits per heavy atom. The zero-order valence-electron chi connectivity index (χ0n) is 14.1. The molecule has 4 N–H and O–H groups in total. The summed E-state index contributed by atoms with van der Waals surface area (Å²) in [7, 11) is 1.89. The van der Waals surface area contributed by atoms with Crippen molar-refractivity contribution in [2.45, 2.75) is 32.6 Å². The summed E-state index contributed by atoms with van der Waals surface area (Å²) in [6.07, 6.45) is 2.06. The van der Waals surface area contributed by atoms with Gasteiger partial charge in [0.1, 0.15) is 0 Å². The summed E-state index contributed by atoms with van der Waals surface area (Å²) < 4.78 is 0. The van der Waals surface area contributed by atoms with E-state index in [0.29, 0.717) is 5.92 Å². The number of rotatable bonds is 7. The van der Waals surface area contributed by atoms with Gasteiger partial charge < -0.3 is 16.4 Å². The van der Waals surface area contributed by atoms with Crippen LogP contribution in [0, 0.1) is 0 Å². The lowest BCUT2D eigenvalue weighted by Gasteiger charge is -2.16. The predicted molar refractivity (Wildman–Crippen MR) is 103 cm³/mol. The maximum Gasteiger partial charge on any atom is 0.0575 e. The van der Waals surface area contributed by atoms with Crippen molar-refractivity contribution < 1.29 is 0 Å². The molecule has 0 bridgehead atoms. The highest BCUT2D eigenvalue weighted by Crippen LogP contribution is 2.27. The van der Waals surface area contributed by atoms with Crippen molar-refractivity contribution in [3.05, 3.63) is 52.5 Å². The van der Waals surface area contributed by atoms with Gasteiger partial charge in [0.2, 0.25) is 0 Å². The molecule has 3 nitrogen and oxygen atoms in total. The van der Waals surface area contributed by atoms with Crippen molar-refractivity contribution in [3.63, 3.8) is 0 Å². The van der Waals surface area contributed by atoms with Crippen LogP contribution in [0.15, 0.2) is 36.4 Å². The van der Waals surface area contributed by atoms with Gasteiger partial charge in [-0.2, -0.15) is 0 Å². The van der Waals surface area contributed by atoms with Crippen molar-refractivity contribution in [1.29, 1.82) is 0 Å². The number of nitrogens with one attached hydrogen (secondary N) is 2. The molecule has 1 atom stereocenters. The van der Waals surface area contributed by atoms with Crippen molar-refractivity contribution >= 4 is 28.7 Å². The monoisotopic (exact) mass is 331 g/mol. The number of nitrogen functional groups attached to an aromatic ring is 1. The van der Waals surface area contributed by atoms with E-state index in [0.717, 1.165) is 41.5 Å². The van der Waals surface area contributed by atoms with Crippen molar-refractivity contribution in [2.75, 3.05) is 30.0 Å². The molecule has 0 radical (unpaired) electrons. The van der Waals surface area contributed by atoms with Crippen LogP contribution in [0.1, 0.15) is 37.3 Å². The van der Waals surface area contributed by atoms with Crippen LogP contribution in [0.5, 0.6) is 0 Å². The summed E-state index contributed by atoms with van der Waals surface area (Å²) in [6.45, 7) is 5.29. The fraction of sp³-hybridized carbons (Fsp3) is 0.368. The molecule has 0 amide bonds. The van der Waals surface area contributed by atoms with E-state index in [1.807, 2.05) is 31.3 Å². The number of hydrogen-bond donors (Lipinski definition) is 3. The first-order chi connectivity index (χ1) is 11.0. The molecule has 2 rings (SSSR count). The summed E-state index contributed by atoms with van der Waals surface area (Å²) >= 11 is 6.16. The minimum absolute atomic E-state index is 0.517. The Morgan fingerprint density at radius 1 is 1.17 bits per heavy atom. The number of anilines is 3. The summed E-state index contributed by atoms with van der Waals surface area (Å²) in [5.74, 6) is 0.517. The molecule has 0 aromatic heterocycles. The molecule has 0 saturated carbocycles. The molecule has 0 aliphatic carbocycles. The first kappa shape index (κ1) is 17.5. The highest BCUT2D eigenvalue weighted by atomic mass is 35.5. The third kappa shape index (κ3) is 4.55. The van der Waals surface area contributed by atoms with Crippen LogP contribution in [0.25, 0.3) is 0 Å². The van der Waals surface area contributed by atoms with Crippen LogP contribution >= 0.6 is 11.6 Å². The van der Waals surface area contributed by atoms with Gasteiger partial charge in [-0.05, 0) is 60.2 Å². The van der Waals surface area contributed by atoms with Crippen molar-refractivity contribution in [2.24, 2.45) is 0 Å². The minimum atomic E-state index is 0.517. The molecule has 124 valence electrons. The lowest BCUT2D eigenvalue weighted by Crippen LogP contribution is -2.09. The Labute approximate surface area is 144 Å². The van der Waals surface area contributed by atoms with E-state index >= 15 is 0 Å². The van der Waals surface area contributed by atoms with Gasteiger partial charge >= 0.3 is 0 Å². The second-order valence-electron chi connectivity index (χ2n) is 5.88. The smallest absolute Gasteiger partial charge is 0.0575 e. The van der Waals surface area contributed by atoms with Gasteiger partial charge in [0.15, 0.2) is 0 Å². The van der Waals surface area contributed by atoms with Crippen LogP contribution in [0.2, 0.25) is 5.02 Å². The summed E-state index contributed by atoms with van der Waals surface area (Å²) in [6, 6.07) is 12.2. The van der Waals surface area contributed by atoms with E-state index in [4.69, 9.17) is 17.3 Å². The Kier molecular flexibility index (Phi) is 6.17. The molecule has 23 heavy (non-hydrogen) atoms. The first-order valence-electron chi connectivity index (χ1n) is 8.14. The van der Waals surface area contributed by atoms with Gasteiger partial charge in [-0.25, -0.2) is 0 Å². The number of benzene rings is 2. The lowest BCUT2D eigenvalue weighted by molar-refractivity contribution is 0.722. The van der Waals surface area contributed by atoms with E-state index in [9.17, 15) is 0 Å². The molecule has 0 heterocycles. The Balaban J connectivity index is 2.04. The first-order valence-corrected chi connectivity index (χ1v) is 8.52. The molecular formula is C19H26ClN3. The van der Waals surface area contributed by atoms with Gasteiger partial charge in [0.25, 0.3) is 0 Å². The number of halogens is 1. The molecule has 1 unspecified atom stereocenters. The van der Waals surface area contributed by atoms with Crippen LogP contribution < -0.4 is 16.4 Å². The van der Waals surface area contributed by atoms with Crippen LogP contribution in [0.3, 0.4) is 0 Å². The number of nitrogens with two attached hydrogens (primary N) is 1. The fourth-order valence-electron chi connectivity index (χ4n) is 2.68. The summed E-state index contributed by atoms with van der Waals surface area (Å²) in [4.78, 5) is 0. The Morgan fingerprint density at radius 2 is 1.96 bits per heavy atom. The predicted octanol–water partition coefficient (Wildman–Crippen LogP) is 5.13. The van der Waals surface area contributed by atoms with E-state index in [2.05, 4.69) is 36.6 Å². The zero-order valence-corrected chi connectivity index (χ0v) is 14.9. The quantitative estimate of drug-likeness (QED) is 0.616. The molecule has 0 saturated heterocycles. The molecular weight excluding hydrogens is 306 g/mol. The Bertz CT molecular complexity index is 655. The van der Waals surface area contributed by atoms with E-state index in [1.165, 1.54) is 11.1 Å². The molecule has 2 aromatic rings. The molecule has 0 aliphatic rings. The highest BCUT2D eigenvalue weighted by Gasteiger charge is 2.10. The SMILES string of the molecule is CCC(C)c1cc(Cl)ccc1CCNc1ccc(NC)cc1N. The minimum Gasteiger partial charge on any atom is -0.397 e. The average molecular weight is 332 g/mol. The van der Waals surface area contributed by atoms with Gasteiger partial charge in [0, 0.05) is 24.3 Å².